The van der Waals surface area contributed by atoms with Crippen LogP contribution >= 0.6 is 11.6 Å². The first-order valence-corrected chi connectivity index (χ1v) is 5.38. The highest BCUT2D eigenvalue weighted by molar-refractivity contribution is 6.30. The molecule has 2 rings (SSSR count). The first-order valence-electron chi connectivity index (χ1n) is 5.00. The molecule has 1 aromatic carbocycles. The van der Waals surface area contributed by atoms with Gasteiger partial charge in [-0.25, -0.2) is 0 Å². The Morgan fingerprint density at radius 1 is 1.47 bits per heavy atom. The van der Waals surface area contributed by atoms with Crippen LogP contribution in [0.1, 0.15) is 6.42 Å². The largest absolute Gasteiger partial charge is 0.493 e. The van der Waals surface area contributed by atoms with Gasteiger partial charge in [-0.3, -0.25) is 4.99 Å². The number of nitrogens with zero attached hydrogens (tertiary/aromatic N) is 1. The molecule has 3 nitrogen and oxygen atoms in total. The van der Waals surface area contributed by atoms with Gasteiger partial charge in [0.2, 0.25) is 0 Å². The van der Waals surface area contributed by atoms with Gasteiger partial charge in [-0.2, -0.15) is 0 Å². The van der Waals surface area contributed by atoms with Crippen molar-refractivity contribution in [1.82, 2.24) is 5.32 Å². The molecule has 0 fully saturated rings. The van der Waals surface area contributed by atoms with Crippen LogP contribution in [0.3, 0.4) is 0 Å². The fourth-order valence-corrected chi connectivity index (χ4v) is 1.62. The molecule has 0 atom stereocenters. The first kappa shape index (κ1) is 10.3. The van der Waals surface area contributed by atoms with E-state index in [4.69, 9.17) is 16.3 Å². The van der Waals surface area contributed by atoms with E-state index in [9.17, 15) is 0 Å². The average molecular weight is 225 g/mol. The third kappa shape index (κ3) is 3.13. The Morgan fingerprint density at radius 2 is 2.40 bits per heavy atom. The number of ether oxygens (including phenoxy) is 1. The molecule has 15 heavy (non-hydrogen) atoms. The van der Waals surface area contributed by atoms with Crippen molar-refractivity contribution in [2.75, 3.05) is 19.7 Å². The molecule has 1 heterocycles. The molecular formula is C11H13ClN2O. The lowest BCUT2D eigenvalue weighted by molar-refractivity contribution is 0.328. The molecule has 0 aliphatic carbocycles. The van der Waals surface area contributed by atoms with Gasteiger partial charge in [0.15, 0.2) is 0 Å². The van der Waals surface area contributed by atoms with Crippen LogP contribution in [0.25, 0.3) is 0 Å². The number of hydrogen-bond donors (Lipinski definition) is 1. The van der Waals surface area contributed by atoms with E-state index in [1.165, 1.54) is 0 Å². The number of rotatable bonds is 4. The first-order chi connectivity index (χ1) is 7.34. The highest BCUT2D eigenvalue weighted by Crippen LogP contribution is 2.17. The zero-order valence-corrected chi connectivity index (χ0v) is 9.13. The number of amidine groups is 1. The lowest BCUT2D eigenvalue weighted by atomic mass is 10.3. The lowest BCUT2D eigenvalue weighted by Crippen LogP contribution is -2.20. The van der Waals surface area contributed by atoms with Gasteiger partial charge in [0.1, 0.15) is 5.75 Å². The number of benzene rings is 1. The third-order valence-corrected chi connectivity index (χ3v) is 2.38. The topological polar surface area (TPSA) is 33.6 Å². The molecule has 0 spiro atoms. The highest BCUT2D eigenvalue weighted by Gasteiger charge is 2.04. The van der Waals surface area contributed by atoms with Crippen molar-refractivity contribution in [2.24, 2.45) is 4.99 Å². The molecule has 0 saturated heterocycles. The maximum Gasteiger partial charge on any atom is 0.120 e. The molecule has 0 radical (unpaired) electrons. The van der Waals surface area contributed by atoms with Crippen LogP contribution in [0.15, 0.2) is 29.3 Å². The summed E-state index contributed by atoms with van der Waals surface area (Å²) in [6, 6.07) is 7.42. The van der Waals surface area contributed by atoms with E-state index in [1.54, 1.807) is 0 Å². The van der Waals surface area contributed by atoms with Gasteiger partial charge in [0, 0.05) is 18.0 Å². The van der Waals surface area contributed by atoms with E-state index >= 15 is 0 Å². The standard InChI is InChI=1S/C11H13ClN2O/c12-9-2-1-3-10(8-9)15-7-4-11-13-5-6-14-11/h1-3,8H,4-7H2,(H,13,14). The van der Waals surface area contributed by atoms with E-state index in [-0.39, 0.29) is 0 Å². The summed E-state index contributed by atoms with van der Waals surface area (Å²) in [6.07, 6.45) is 0.826. The van der Waals surface area contributed by atoms with Crippen molar-refractivity contribution in [3.8, 4) is 5.75 Å². The minimum atomic E-state index is 0.631. The minimum absolute atomic E-state index is 0.631. The van der Waals surface area contributed by atoms with Crippen molar-refractivity contribution in [3.63, 3.8) is 0 Å². The Kier molecular flexibility index (Phi) is 3.45. The summed E-state index contributed by atoms with van der Waals surface area (Å²) in [5.74, 6) is 1.85. The monoisotopic (exact) mass is 224 g/mol. The van der Waals surface area contributed by atoms with E-state index in [1.807, 2.05) is 24.3 Å². The van der Waals surface area contributed by atoms with Crippen LogP contribution in [0, 0.1) is 0 Å². The molecule has 0 saturated carbocycles. The van der Waals surface area contributed by atoms with Gasteiger partial charge in [0.05, 0.1) is 19.0 Å². The third-order valence-electron chi connectivity index (χ3n) is 2.15. The van der Waals surface area contributed by atoms with Crippen molar-refractivity contribution in [1.29, 1.82) is 0 Å². The number of halogens is 1. The molecule has 0 bridgehead atoms. The zero-order chi connectivity index (χ0) is 10.5. The highest BCUT2D eigenvalue weighted by atomic mass is 35.5. The second-order valence-corrected chi connectivity index (χ2v) is 3.75. The van der Waals surface area contributed by atoms with Crippen LogP contribution in [0.4, 0.5) is 0 Å². The van der Waals surface area contributed by atoms with Crippen LogP contribution in [-0.2, 0) is 0 Å². The maximum absolute atomic E-state index is 5.83. The van der Waals surface area contributed by atoms with Crippen molar-refractivity contribution >= 4 is 17.4 Å². The average Bonchev–Trinajstić information content (AvgIpc) is 2.71. The number of aliphatic imine (C=N–C) groups is 1. The molecule has 4 heteroatoms. The second-order valence-electron chi connectivity index (χ2n) is 3.31. The molecule has 1 aliphatic rings. The SMILES string of the molecule is Clc1cccc(OCCC2=NCCN2)c1. The van der Waals surface area contributed by atoms with Gasteiger partial charge in [-0.1, -0.05) is 17.7 Å². The molecule has 80 valence electrons. The Bertz CT molecular complexity index is 365. The Morgan fingerprint density at radius 3 is 3.13 bits per heavy atom. The van der Waals surface area contributed by atoms with Crippen LogP contribution < -0.4 is 10.1 Å². The van der Waals surface area contributed by atoms with E-state index in [0.29, 0.717) is 11.6 Å². The Balaban J connectivity index is 1.78. The zero-order valence-electron chi connectivity index (χ0n) is 8.37. The summed E-state index contributed by atoms with van der Waals surface area (Å²) in [5.41, 5.74) is 0. The van der Waals surface area contributed by atoms with Crippen LogP contribution in [0.5, 0.6) is 5.75 Å². The van der Waals surface area contributed by atoms with E-state index in [2.05, 4.69) is 10.3 Å². The summed E-state index contributed by atoms with van der Waals surface area (Å²) in [5, 5.41) is 3.90. The fraction of sp³-hybridized carbons (Fsp3) is 0.364. The van der Waals surface area contributed by atoms with E-state index in [0.717, 1.165) is 31.1 Å². The van der Waals surface area contributed by atoms with Gasteiger partial charge in [0.25, 0.3) is 0 Å². The van der Waals surface area contributed by atoms with Gasteiger partial charge < -0.3 is 10.1 Å². The Labute approximate surface area is 94.1 Å². The number of nitrogens with one attached hydrogen (secondary N) is 1. The number of hydrogen-bond acceptors (Lipinski definition) is 3. The van der Waals surface area contributed by atoms with Gasteiger partial charge in [-0.05, 0) is 18.2 Å². The van der Waals surface area contributed by atoms with Crippen LogP contribution in [-0.4, -0.2) is 25.5 Å². The van der Waals surface area contributed by atoms with Crippen molar-refractivity contribution in [3.05, 3.63) is 29.3 Å². The molecule has 1 aliphatic heterocycles. The Hall–Kier alpha value is -1.22. The molecule has 0 unspecified atom stereocenters. The second kappa shape index (κ2) is 5.03. The fourth-order valence-electron chi connectivity index (χ4n) is 1.44. The minimum Gasteiger partial charge on any atom is -0.493 e. The predicted molar refractivity (Wildman–Crippen MR) is 61.9 cm³/mol. The summed E-state index contributed by atoms with van der Waals surface area (Å²) >= 11 is 5.83. The quantitative estimate of drug-likeness (QED) is 0.850. The predicted octanol–water partition coefficient (Wildman–Crippen LogP) is 2.11. The van der Waals surface area contributed by atoms with Gasteiger partial charge in [-0.15, -0.1) is 0 Å². The summed E-state index contributed by atoms with van der Waals surface area (Å²) in [4.78, 5) is 4.28. The van der Waals surface area contributed by atoms with Crippen molar-refractivity contribution < 1.29 is 4.74 Å². The lowest BCUT2D eigenvalue weighted by Gasteiger charge is -2.06. The summed E-state index contributed by atoms with van der Waals surface area (Å²) < 4.78 is 5.54. The van der Waals surface area contributed by atoms with Crippen LogP contribution in [0.2, 0.25) is 5.02 Å². The molecule has 0 aromatic heterocycles. The van der Waals surface area contributed by atoms with Crippen molar-refractivity contribution in [2.45, 2.75) is 6.42 Å². The normalized spacial score (nSPS) is 14.6. The molecular weight excluding hydrogens is 212 g/mol. The molecule has 0 amide bonds. The molecule has 1 N–H and O–H groups in total. The van der Waals surface area contributed by atoms with Gasteiger partial charge >= 0.3 is 0 Å². The maximum atomic E-state index is 5.83. The summed E-state index contributed by atoms with van der Waals surface area (Å²) in [7, 11) is 0. The van der Waals surface area contributed by atoms with E-state index < -0.39 is 0 Å². The smallest absolute Gasteiger partial charge is 0.120 e. The molecule has 1 aromatic rings. The summed E-state index contributed by atoms with van der Waals surface area (Å²) in [6.45, 7) is 2.46.